The van der Waals surface area contributed by atoms with Gasteiger partial charge in [-0.15, -0.1) is 0 Å². The smallest absolute Gasteiger partial charge is 0.325 e. The molecule has 1 aromatic rings. The maximum absolute atomic E-state index is 13.5. The maximum Gasteiger partial charge on any atom is 0.325 e. The van der Waals surface area contributed by atoms with Crippen LogP contribution >= 0.6 is 11.6 Å². The van der Waals surface area contributed by atoms with Crippen LogP contribution in [-0.2, 0) is 10.3 Å². The average molecular weight is 421 g/mol. The van der Waals surface area contributed by atoms with Crippen molar-refractivity contribution in [1.29, 1.82) is 0 Å². The first-order valence-corrected chi connectivity index (χ1v) is 10.6. The van der Waals surface area contributed by atoms with Crippen LogP contribution in [0.25, 0.3) is 0 Å². The highest BCUT2D eigenvalue weighted by Gasteiger charge is 2.58. The summed E-state index contributed by atoms with van der Waals surface area (Å²) in [6.45, 7) is 9.32. The molecule has 1 unspecified atom stereocenters. The molecule has 7 nitrogen and oxygen atoms in total. The van der Waals surface area contributed by atoms with E-state index in [1.54, 1.807) is 18.2 Å². The molecule has 158 valence electrons. The molecule has 4 rings (SSSR count). The molecule has 1 atom stereocenters. The van der Waals surface area contributed by atoms with Gasteiger partial charge < -0.3 is 19.9 Å². The fourth-order valence-corrected chi connectivity index (χ4v) is 4.82. The SMILES string of the molecule is CN1CCN(CCCN2C(=O)NC3(CC(C)(C)Oc4ccc(Cl)cc43)C2=O)CC1. The van der Waals surface area contributed by atoms with Crippen LogP contribution in [0.4, 0.5) is 4.79 Å². The number of nitrogens with zero attached hydrogens (tertiary/aromatic N) is 3. The number of fused-ring (bicyclic) bond motifs is 2. The number of urea groups is 1. The van der Waals surface area contributed by atoms with E-state index in [4.69, 9.17) is 16.3 Å². The molecule has 2 fully saturated rings. The van der Waals surface area contributed by atoms with Crippen LogP contribution in [0.3, 0.4) is 0 Å². The Morgan fingerprint density at radius 1 is 1.14 bits per heavy atom. The molecule has 1 spiro atoms. The lowest BCUT2D eigenvalue weighted by atomic mass is 9.77. The summed E-state index contributed by atoms with van der Waals surface area (Å²) < 4.78 is 6.06. The fourth-order valence-electron chi connectivity index (χ4n) is 4.65. The van der Waals surface area contributed by atoms with Gasteiger partial charge >= 0.3 is 6.03 Å². The van der Waals surface area contributed by atoms with E-state index >= 15 is 0 Å². The number of carbonyl (C=O) groups excluding carboxylic acids is 2. The summed E-state index contributed by atoms with van der Waals surface area (Å²) in [5, 5.41) is 3.50. The molecule has 0 aromatic heterocycles. The van der Waals surface area contributed by atoms with Crippen molar-refractivity contribution in [3.8, 4) is 5.75 Å². The molecular weight excluding hydrogens is 392 g/mol. The third kappa shape index (κ3) is 3.83. The molecule has 3 aliphatic heterocycles. The topological polar surface area (TPSA) is 65.1 Å². The molecule has 3 aliphatic rings. The van der Waals surface area contributed by atoms with Gasteiger partial charge in [-0.25, -0.2) is 4.79 Å². The number of hydrogen-bond acceptors (Lipinski definition) is 5. The number of rotatable bonds is 4. The van der Waals surface area contributed by atoms with Crippen LogP contribution in [0.5, 0.6) is 5.75 Å². The lowest BCUT2D eigenvalue weighted by molar-refractivity contribution is -0.134. The minimum Gasteiger partial charge on any atom is -0.487 e. The van der Waals surface area contributed by atoms with Crippen molar-refractivity contribution < 1.29 is 14.3 Å². The standard InChI is InChI=1S/C21H29ClN4O3/c1-20(2)14-21(16-13-15(22)5-6-17(16)29-20)18(27)26(19(28)23-21)8-4-7-25-11-9-24(3)10-12-25/h5-6,13H,4,7-12,14H2,1-3H3,(H,23,28). The quantitative estimate of drug-likeness (QED) is 0.757. The Balaban J connectivity index is 1.51. The summed E-state index contributed by atoms with van der Waals surface area (Å²) >= 11 is 6.21. The number of hydrogen-bond donors (Lipinski definition) is 1. The van der Waals surface area contributed by atoms with Gasteiger partial charge in [0.05, 0.1) is 0 Å². The van der Waals surface area contributed by atoms with E-state index in [0.717, 1.165) is 39.1 Å². The van der Waals surface area contributed by atoms with Crippen molar-refractivity contribution in [3.05, 3.63) is 28.8 Å². The summed E-state index contributed by atoms with van der Waals surface area (Å²) in [6, 6.07) is 4.91. The molecular formula is C21H29ClN4O3. The Hall–Kier alpha value is -1.83. The van der Waals surface area contributed by atoms with E-state index in [9.17, 15) is 9.59 Å². The molecule has 29 heavy (non-hydrogen) atoms. The van der Waals surface area contributed by atoms with Gasteiger partial charge in [0.1, 0.15) is 11.4 Å². The van der Waals surface area contributed by atoms with Crippen LogP contribution in [0.15, 0.2) is 18.2 Å². The van der Waals surface area contributed by atoms with Crippen molar-refractivity contribution in [2.45, 2.75) is 37.8 Å². The zero-order valence-electron chi connectivity index (χ0n) is 17.3. The van der Waals surface area contributed by atoms with E-state index in [1.165, 1.54) is 4.90 Å². The first-order valence-electron chi connectivity index (χ1n) is 10.2. The molecule has 2 saturated heterocycles. The lowest BCUT2D eigenvalue weighted by Crippen LogP contribution is -2.53. The van der Waals surface area contributed by atoms with Gasteiger partial charge in [-0.3, -0.25) is 9.69 Å². The normalized spacial score (nSPS) is 27.1. The summed E-state index contributed by atoms with van der Waals surface area (Å²) in [6.07, 6.45) is 1.13. The number of carbonyl (C=O) groups is 2. The van der Waals surface area contributed by atoms with Gasteiger partial charge in [0, 0.05) is 49.7 Å². The second kappa shape index (κ2) is 7.45. The molecule has 1 N–H and O–H groups in total. The Labute approximate surface area is 176 Å². The molecule has 8 heteroatoms. The summed E-state index contributed by atoms with van der Waals surface area (Å²) in [5.74, 6) is 0.388. The minimum atomic E-state index is -1.12. The molecule has 0 bridgehead atoms. The Kier molecular flexibility index (Phi) is 5.25. The number of piperazine rings is 1. The van der Waals surface area contributed by atoms with E-state index in [-0.39, 0.29) is 11.9 Å². The zero-order chi connectivity index (χ0) is 20.8. The third-order valence-electron chi connectivity index (χ3n) is 6.11. The van der Waals surface area contributed by atoms with Crippen molar-refractivity contribution >= 4 is 23.5 Å². The molecule has 1 aromatic carbocycles. The fraction of sp³-hybridized carbons (Fsp3) is 0.619. The number of nitrogens with one attached hydrogen (secondary N) is 1. The van der Waals surface area contributed by atoms with Crippen molar-refractivity contribution in [1.82, 2.24) is 20.0 Å². The molecule has 0 radical (unpaired) electrons. The number of likely N-dealkylation sites (N-methyl/N-ethyl adjacent to an activating group) is 1. The number of imide groups is 1. The molecule has 0 aliphatic carbocycles. The number of ether oxygens (including phenoxy) is 1. The van der Waals surface area contributed by atoms with Gasteiger partial charge in [0.2, 0.25) is 0 Å². The second-order valence-corrected chi connectivity index (χ2v) is 9.41. The van der Waals surface area contributed by atoms with E-state index in [1.807, 2.05) is 13.8 Å². The largest absolute Gasteiger partial charge is 0.487 e. The first kappa shape index (κ1) is 20.4. The lowest BCUT2D eigenvalue weighted by Gasteiger charge is -2.42. The van der Waals surface area contributed by atoms with Crippen LogP contribution in [-0.4, -0.2) is 78.6 Å². The van der Waals surface area contributed by atoms with Gasteiger partial charge in [0.15, 0.2) is 5.54 Å². The predicted molar refractivity (Wildman–Crippen MR) is 111 cm³/mol. The zero-order valence-corrected chi connectivity index (χ0v) is 18.1. The second-order valence-electron chi connectivity index (χ2n) is 8.97. The van der Waals surface area contributed by atoms with Crippen molar-refractivity contribution in [2.75, 3.05) is 46.3 Å². The first-order chi connectivity index (χ1) is 13.7. The van der Waals surface area contributed by atoms with Crippen LogP contribution in [0.2, 0.25) is 5.02 Å². The van der Waals surface area contributed by atoms with Crippen molar-refractivity contribution in [3.63, 3.8) is 0 Å². The van der Waals surface area contributed by atoms with Gasteiger partial charge in [-0.1, -0.05) is 11.6 Å². The van der Waals surface area contributed by atoms with E-state index < -0.39 is 11.1 Å². The molecule has 3 amide bonds. The number of amides is 3. The minimum absolute atomic E-state index is 0.208. The average Bonchev–Trinajstić information content (AvgIpc) is 2.88. The Morgan fingerprint density at radius 3 is 2.59 bits per heavy atom. The number of halogens is 1. The summed E-state index contributed by atoms with van der Waals surface area (Å²) in [7, 11) is 2.13. The van der Waals surface area contributed by atoms with Crippen molar-refractivity contribution in [2.24, 2.45) is 0 Å². The van der Waals surface area contributed by atoms with Gasteiger partial charge in [-0.05, 0) is 52.1 Å². The van der Waals surface area contributed by atoms with Crippen LogP contribution < -0.4 is 10.1 Å². The van der Waals surface area contributed by atoms with Crippen LogP contribution in [0.1, 0.15) is 32.3 Å². The highest BCUT2D eigenvalue weighted by molar-refractivity contribution is 6.30. The Bertz CT molecular complexity index is 822. The Morgan fingerprint density at radius 2 is 1.86 bits per heavy atom. The highest BCUT2D eigenvalue weighted by atomic mass is 35.5. The highest BCUT2D eigenvalue weighted by Crippen LogP contribution is 2.47. The van der Waals surface area contributed by atoms with E-state index in [2.05, 4.69) is 22.2 Å². The van der Waals surface area contributed by atoms with Gasteiger partial charge in [-0.2, -0.15) is 0 Å². The summed E-state index contributed by atoms with van der Waals surface area (Å²) in [5.41, 5.74) is -1.06. The predicted octanol–water partition coefficient (Wildman–Crippen LogP) is 2.29. The summed E-state index contributed by atoms with van der Waals surface area (Å²) in [4.78, 5) is 32.4. The van der Waals surface area contributed by atoms with Gasteiger partial charge in [0.25, 0.3) is 5.91 Å². The molecule has 0 saturated carbocycles. The molecule has 3 heterocycles. The third-order valence-corrected chi connectivity index (χ3v) is 6.34. The van der Waals surface area contributed by atoms with Crippen LogP contribution in [0, 0.1) is 0 Å². The van der Waals surface area contributed by atoms with E-state index in [0.29, 0.717) is 29.3 Å². The maximum atomic E-state index is 13.5. The number of benzene rings is 1. The monoisotopic (exact) mass is 420 g/mol.